The van der Waals surface area contributed by atoms with Crippen LogP contribution < -0.4 is 15.0 Å². The molecule has 20 heavy (non-hydrogen) atoms. The zero-order chi connectivity index (χ0) is 13.9. The van der Waals surface area contributed by atoms with Crippen molar-refractivity contribution in [1.29, 1.82) is 0 Å². The van der Waals surface area contributed by atoms with E-state index in [1.54, 1.807) is 13.4 Å². The summed E-state index contributed by atoms with van der Waals surface area (Å²) in [4.78, 5) is 11.0. The number of hydrogen-bond donors (Lipinski definition) is 1. The minimum absolute atomic E-state index is 0.591. The summed E-state index contributed by atoms with van der Waals surface area (Å²) in [5.74, 6) is 1.65. The number of nitrogens with zero attached hydrogens (tertiary/aromatic N) is 3. The fourth-order valence-electron chi connectivity index (χ4n) is 3.61. The molecule has 2 bridgehead atoms. The molecular formula is C15H24N4O. The first-order valence-corrected chi connectivity index (χ1v) is 7.69. The van der Waals surface area contributed by atoms with Gasteiger partial charge in [-0.25, -0.2) is 9.97 Å². The molecule has 1 aromatic heterocycles. The summed E-state index contributed by atoms with van der Waals surface area (Å²) < 4.78 is 5.23. The summed E-state index contributed by atoms with van der Waals surface area (Å²) in [5, 5.41) is 3.71. The van der Waals surface area contributed by atoms with Gasteiger partial charge in [0.15, 0.2) is 0 Å². The number of rotatable bonds is 5. The van der Waals surface area contributed by atoms with Crippen molar-refractivity contribution in [1.82, 2.24) is 15.3 Å². The molecule has 0 amide bonds. The van der Waals surface area contributed by atoms with Crippen LogP contribution in [-0.2, 0) is 0 Å². The highest BCUT2D eigenvalue weighted by atomic mass is 16.5. The Labute approximate surface area is 120 Å². The van der Waals surface area contributed by atoms with Crippen molar-refractivity contribution in [2.45, 2.75) is 57.2 Å². The molecule has 5 nitrogen and oxygen atoms in total. The Bertz CT molecular complexity index is 441. The highest BCUT2D eigenvalue weighted by Crippen LogP contribution is 2.32. The van der Waals surface area contributed by atoms with E-state index in [-0.39, 0.29) is 0 Å². The first-order valence-electron chi connectivity index (χ1n) is 7.69. The minimum atomic E-state index is 0.591. The van der Waals surface area contributed by atoms with E-state index in [2.05, 4.69) is 27.1 Å². The van der Waals surface area contributed by atoms with Crippen molar-refractivity contribution in [3.63, 3.8) is 0 Å². The van der Waals surface area contributed by atoms with Gasteiger partial charge in [-0.2, -0.15) is 0 Å². The number of piperidine rings is 1. The van der Waals surface area contributed by atoms with Crippen molar-refractivity contribution in [2.75, 3.05) is 18.6 Å². The molecule has 2 atom stereocenters. The second kappa shape index (κ2) is 5.95. The van der Waals surface area contributed by atoms with Crippen LogP contribution in [0, 0.1) is 0 Å². The van der Waals surface area contributed by atoms with E-state index in [0.29, 0.717) is 24.0 Å². The second-order valence-electron chi connectivity index (χ2n) is 5.88. The molecule has 2 saturated heterocycles. The van der Waals surface area contributed by atoms with Gasteiger partial charge in [-0.05, 0) is 32.1 Å². The third-order valence-corrected chi connectivity index (χ3v) is 4.48. The normalized spacial score (nSPS) is 28.4. The van der Waals surface area contributed by atoms with Crippen LogP contribution >= 0.6 is 0 Å². The van der Waals surface area contributed by atoms with Crippen LogP contribution in [0.1, 0.15) is 39.0 Å². The summed E-state index contributed by atoms with van der Waals surface area (Å²) in [6.07, 6.45) is 7.84. The van der Waals surface area contributed by atoms with E-state index in [1.165, 1.54) is 25.7 Å². The van der Waals surface area contributed by atoms with E-state index in [1.807, 2.05) is 6.07 Å². The Morgan fingerprint density at radius 3 is 2.70 bits per heavy atom. The molecule has 3 rings (SSSR count). The van der Waals surface area contributed by atoms with Crippen molar-refractivity contribution >= 4 is 5.82 Å². The molecule has 2 aliphatic heterocycles. The van der Waals surface area contributed by atoms with Crippen molar-refractivity contribution < 1.29 is 4.74 Å². The van der Waals surface area contributed by atoms with E-state index in [0.717, 1.165) is 18.8 Å². The molecule has 0 aliphatic carbocycles. The molecule has 0 radical (unpaired) electrons. The smallest absolute Gasteiger partial charge is 0.218 e. The molecule has 0 aromatic carbocycles. The summed E-state index contributed by atoms with van der Waals surface area (Å²) >= 11 is 0. The Morgan fingerprint density at radius 1 is 1.30 bits per heavy atom. The maximum absolute atomic E-state index is 5.23. The van der Waals surface area contributed by atoms with E-state index < -0.39 is 0 Å². The quantitative estimate of drug-likeness (QED) is 0.891. The van der Waals surface area contributed by atoms with Crippen LogP contribution in [0.25, 0.3) is 0 Å². The van der Waals surface area contributed by atoms with Gasteiger partial charge in [-0.3, -0.25) is 0 Å². The fraction of sp³-hybridized carbons (Fsp3) is 0.733. The molecule has 2 unspecified atom stereocenters. The van der Waals surface area contributed by atoms with Gasteiger partial charge < -0.3 is 15.0 Å². The van der Waals surface area contributed by atoms with Gasteiger partial charge in [0.2, 0.25) is 5.88 Å². The maximum atomic E-state index is 5.23. The summed E-state index contributed by atoms with van der Waals surface area (Å²) in [7, 11) is 1.65. The monoisotopic (exact) mass is 276 g/mol. The number of hydrogen-bond acceptors (Lipinski definition) is 5. The summed E-state index contributed by atoms with van der Waals surface area (Å²) in [6, 6.07) is 3.94. The molecule has 5 heteroatoms. The molecule has 110 valence electrons. The molecule has 1 N–H and O–H groups in total. The molecular weight excluding hydrogens is 252 g/mol. The lowest BCUT2D eigenvalue weighted by molar-refractivity contribution is 0.344. The van der Waals surface area contributed by atoms with Crippen molar-refractivity contribution in [3.05, 3.63) is 12.4 Å². The van der Waals surface area contributed by atoms with Gasteiger partial charge in [0, 0.05) is 30.7 Å². The van der Waals surface area contributed by atoms with Crippen LogP contribution in [0.5, 0.6) is 5.88 Å². The first kappa shape index (κ1) is 13.6. The van der Waals surface area contributed by atoms with Gasteiger partial charge in [-0.15, -0.1) is 0 Å². The van der Waals surface area contributed by atoms with E-state index >= 15 is 0 Å². The number of aromatic nitrogens is 2. The Kier molecular flexibility index (Phi) is 4.05. The number of ether oxygens (including phenoxy) is 1. The average Bonchev–Trinajstić information content (AvgIpc) is 2.83. The molecule has 2 aliphatic rings. The van der Waals surface area contributed by atoms with Crippen LogP contribution in [0.3, 0.4) is 0 Å². The van der Waals surface area contributed by atoms with Gasteiger partial charge in [-0.1, -0.05) is 6.92 Å². The van der Waals surface area contributed by atoms with Gasteiger partial charge in [0.1, 0.15) is 12.1 Å². The van der Waals surface area contributed by atoms with E-state index in [4.69, 9.17) is 4.74 Å². The van der Waals surface area contributed by atoms with Crippen LogP contribution in [-0.4, -0.2) is 41.7 Å². The second-order valence-corrected chi connectivity index (χ2v) is 5.88. The predicted molar refractivity (Wildman–Crippen MR) is 79.2 cm³/mol. The van der Waals surface area contributed by atoms with Crippen molar-refractivity contribution in [2.24, 2.45) is 0 Å². The number of nitrogens with one attached hydrogen (secondary N) is 1. The standard InChI is InChI=1S/C15H24N4O/c1-3-6-19(14-9-15(20-2)17-10-16-14)13-7-11-4-5-12(8-13)18-11/h9-13,18H,3-8H2,1-2H3. The Morgan fingerprint density at radius 2 is 2.05 bits per heavy atom. The lowest BCUT2D eigenvalue weighted by atomic mass is 9.98. The predicted octanol–water partition coefficient (Wildman–Crippen LogP) is 1.98. The average molecular weight is 276 g/mol. The lowest BCUT2D eigenvalue weighted by Gasteiger charge is -2.38. The largest absolute Gasteiger partial charge is 0.481 e. The number of fused-ring (bicyclic) bond motifs is 2. The third-order valence-electron chi connectivity index (χ3n) is 4.48. The summed E-state index contributed by atoms with van der Waals surface area (Å²) in [6.45, 7) is 3.27. The van der Waals surface area contributed by atoms with Crippen LogP contribution in [0.2, 0.25) is 0 Å². The Balaban J connectivity index is 1.80. The Hall–Kier alpha value is -1.36. The molecule has 1 aromatic rings. The SMILES string of the molecule is CCCN(c1cc(OC)ncn1)C1CC2CCC(C1)N2. The number of methoxy groups -OCH3 is 1. The third kappa shape index (κ3) is 2.73. The topological polar surface area (TPSA) is 50.3 Å². The number of anilines is 1. The highest BCUT2D eigenvalue weighted by molar-refractivity contribution is 5.42. The van der Waals surface area contributed by atoms with Crippen LogP contribution in [0.15, 0.2) is 12.4 Å². The zero-order valence-electron chi connectivity index (χ0n) is 12.4. The first-order chi connectivity index (χ1) is 9.80. The molecule has 0 saturated carbocycles. The van der Waals surface area contributed by atoms with Crippen molar-refractivity contribution in [3.8, 4) is 5.88 Å². The lowest BCUT2D eigenvalue weighted by Crippen LogP contribution is -2.49. The highest BCUT2D eigenvalue weighted by Gasteiger charge is 2.36. The zero-order valence-corrected chi connectivity index (χ0v) is 12.4. The molecule has 3 heterocycles. The fourth-order valence-corrected chi connectivity index (χ4v) is 3.61. The van der Waals surface area contributed by atoms with Gasteiger partial charge >= 0.3 is 0 Å². The van der Waals surface area contributed by atoms with Gasteiger partial charge in [0.05, 0.1) is 7.11 Å². The van der Waals surface area contributed by atoms with E-state index in [9.17, 15) is 0 Å². The van der Waals surface area contributed by atoms with Gasteiger partial charge in [0.25, 0.3) is 0 Å². The molecule has 2 fully saturated rings. The summed E-state index contributed by atoms with van der Waals surface area (Å²) in [5.41, 5.74) is 0. The maximum Gasteiger partial charge on any atom is 0.218 e. The minimum Gasteiger partial charge on any atom is -0.481 e. The van der Waals surface area contributed by atoms with Crippen LogP contribution in [0.4, 0.5) is 5.82 Å². The molecule has 0 spiro atoms.